The molecule has 1 rings (SSSR count). The van der Waals surface area contributed by atoms with Crippen molar-refractivity contribution in [2.24, 2.45) is 0 Å². The van der Waals surface area contributed by atoms with Crippen LogP contribution in [-0.2, 0) is 0 Å². The van der Waals surface area contributed by atoms with E-state index in [2.05, 4.69) is 64.2 Å². The highest BCUT2D eigenvalue weighted by Gasteiger charge is 2.08. The maximum absolute atomic E-state index is 2.30. The molecular formula is C17H30N2+2. The Morgan fingerprint density at radius 2 is 1.68 bits per heavy atom. The summed E-state index contributed by atoms with van der Waals surface area (Å²) in [4.78, 5) is 3.30. The van der Waals surface area contributed by atoms with Gasteiger partial charge in [-0.25, -0.2) is 0 Å². The minimum absolute atomic E-state index is 1.13. The molecule has 0 saturated heterocycles. The smallest absolute Gasteiger partial charge is 0.127 e. The van der Waals surface area contributed by atoms with Crippen LogP contribution in [0.4, 0.5) is 0 Å². The lowest BCUT2D eigenvalue weighted by Crippen LogP contribution is -3.18. The van der Waals surface area contributed by atoms with Gasteiger partial charge in [0.05, 0.1) is 26.7 Å². The third kappa shape index (κ3) is 6.55. The lowest BCUT2D eigenvalue weighted by Gasteiger charge is -2.19. The first-order valence-electron chi connectivity index (χ1n) is 7.52. The van der Waals surface area contributed by atoms with Gasteiger partial charge in [0, 0.05) is 0 Å². The molecule has 0 bridgehead atoms. The van der Waals surface area contributed by atoms with Crippen LogP contribution < -0.4 is 9.80 Å². The van der Waals surface area contributed by atoms with Crippen LogP contribution in [0.5, 0.6) is 0 Å². The molecule has 0 heterocycles. The number of nitrogens with one attached hydrogen (secondary N) is 2. The maximum atomic E-state index is 2.30. The molecule has 2 N–H and O–H groups in total. The predicted octanol–water partition coefficient (Wildman–Crippen LogP) is 0.529. The molecule has 1 aromatic rings. The zero-order valence-corrected chi connectivity index (χ0v) is 13.0. The van der Waals surface area contributed by atoms with Crippen molar-refractivity contribution in [1.29, 1.82) is 0 Å². The van der Waals surface area contributed by atoms with Gasteiger partial charge in [-0.15, -0.1) is 0 Å². The van der Waals surface area contributed by atoms with Gasteiger partial charge >= 0.3 is 0 Å². The number of likely N-dealkylation sites (N-methyl/N-ethyl adjacent to an activating group) is 2. The van der Waals surface area contributed by atoms with Crippen LogP contribution in [0.2, 0.25) is 0 Å². The Balaban J connectivity index is 2.39. The molecule has 1 atom stereocenters. The van der Waals surface area contributed by atoms with E-state index in [1.807, 2.05) is 0 Å². The standard InChI is InChI=1S/C17H28N2/c1-5-19(6-2)13-12-18(4)15-16(3)14-17-10-8-7-9-11-17/h7-11,14H,5-6,12-13,15H2,1-4H3/p+2. The molecule has 0 aromatic heterocycles. The van der Waals surface area contributed by atoms with Crippen LogP contribution in [0.15, 0.2) is 35.9 Å². The minimum Gasteiger partial charge on any atom is -0.331 e. The lowest BCUT2D eigenvalue weighted by atomic mass is 10.1. The molecule has 0 radical (unpaired) electrons. The van der Waals surface area contributed by atoms with Gasteiger partial charge < -0.3 is 9.80 Å². The van der Waals surface area contributed by atoms with Crippen molar-refractivity contribution >= 4 is 6.08 Å². The molecule has 0 fully saturated rings. The van der Waals surface area contributed by atoms with Gasteiger partial charge in [-0.05, 0) is 31.9 Å². The van der Waals surface area contributed by atoms with Crippen molar-refractivity contribution in [2.75, 3.05) is 39.8 Å². The molecule has 0 aliphatic carbocycles. The van der Waals surface area contributed by atoms with Gasteiger partial charge in [-0.3, -0.25) is 0 Å². The average molecular weight is 262 g/mol. The van der Waals surface area contributed by atoms with E-state index in [4.69, 9.17) is 0 Å². The number of benzene rings is 1. The van der Waals surface area contributed by atoms with E-state index in [0.717, 1.165) is 6.54 Å². The van der Waals surface area contributed by atoms with Crippen molar-refractivity contribution in [2.45, 2.75) is 20.8 Å². The van der Waals surface area contributed by atoms with E-state index in [1.165, 1.54) is 37.3 Å². The van der Waals surface area contributed by atoms with Crippen molar-refractivity contribution in [3.63, 3.8) is 0 Å². The molecule has 19 heavy (non-hydrogen) atoms. The third-order valence-electron chi connectivity index (χ3n) is 3.70. The molecule has 2 heteroatoms. The molecule has 2 nitrogen and oxygen atoms in total. The Labute approximate surface area is 118 Å². The quantitative estimate of drug-likeness (QED) is 0.676. The second-order valence-corrected chi connectivity index (χ2v) is 5.49. The fourth-order valence-electron chi connectivity index (χ4n) is 2.44. The molecule has 1 unspecified atom stereocenters. The van der Waals surface area contributed by atoms with E-state index in [1.54, 1.807) is 9.80 Å². The molecule has 0 amide bonds. The number of quaternary nitrogens is 2. The summed E-state index contributed by atoms with van der Waals surface area (Å²) in [6.07, 6.45) is 2.30. The Bertz CT molecular complexity index is 366. The Hall–Kier alpha value is -1.12. The number of hydrogen-bond acceptors (Lipinski definition) is 0. The van der Waals surface area contributed by atoms with Crippen molar-refractivity contribution < 1.29 is 9.80 Å². The topological polar surface area (TPSA) is 8.88 Å². The highest BCUT2D eigenvalue weighted by atomic mass is 15.2. The van der Waals surface area contributed by atoms with Crippen LogP contribution in [0.3, 0.4) is 0 Å². The monoisotopic (exact) mass is 262 g/mol. The SMILES string of the molecule is CC[NH+](CC)CC[NH+](C)CC(C)=Cc1ccccc1. The molecule has 0 aliphatic heterocycles. The van der Waals surface area contributed by atoms with Crippen LogP contribution in [-0.4, -0.2) is 39.8 Å². The Morgan fingerprint density at radius 1 is 1.05 bits per heavy atom. The van der Waals surface area contributed by atoms with Crippen LogP contribution >= 0.6 is 0 Å². The highest BCUT2D eigenvalue weighted by molar-refractivity contribution is 5.51. The summed E-state index contributed by atoms with van der Waals surface area (Å²) in [6, 6.07) is 10.6. The number of rotatable bonds is 8. The largest absolute Gasteiger partial charge is 0.331 e. The summed E-state index contributed by atoms with van der Waals surface area (Å²) < 4.78 is 0. The number of hydrogen-bond donors (Lipinski definition) is 2. The maximum Gasteiger partial charge on any atom is 0.127 e. The second-order valence-electron chi connectivity index (χ2n) is 5.49. The van der Waals surface area contributed by atoms with Crippen LogP contribution in [0.25, 0.3) is 6.08 Å². The Kier molecular flexibility index (Phi) is 7.46. The second kappa shape index (κ2) is 8.89. The average Bonchev–Trinajstić information content (AvgIpc) is 2.40. The fourth-order valence-corrected chi connectivity index (χ4v) is 2.44. The van der Waals surface area contributed by atoms with Gasteiger partial charge in [0.25, 0.3) is 0 Å². The molecular weight excluding hydrogens is 232 g/mol. The molecule has 0 saturated carbocycles. The first kappa shape index (κ1) is 15.9. The Morgan fingerprint density at radius 3 is 2.26 bits per heavy atom. The molecule has 0 aliphatic rings. The van der Waals surface area contributed by atoms with Crippen LogP contribution in [0.1, 0.15) is 26.3 Å². The van der Waals surface area contributed by atoms with Gasteiger partial charge in [-0.1, -0.05) is 36.4 Å². The summed E-state index contributed by atoms with van der Waals surface area (Å²) in [5.74, 6) is 0. The summed E-state index contributed by atoms with van der Waals surface area (Å²) in [6.45, 7) is 12.9. The van der Waals surface area contributed by atoms with Gasteiger partial charge in [0.1, 0.15) is 13.1 Å². The van der Waals surface area contributed by atoms with Gasteiger partial charge in [-0.2, -0.15) is 0 Å². The van der Waals surface area contributed by atoms with Crippen LogP contribution in [0, 0.1) is 0 Å². The van der Waals surface area contributed by atoms with Crippen molar-refractivity contribution in [1.82, 2.24) is 0 Å². The molecule has 0 spiro atoms. The van der Waals surface area contributed by atoms with E-state index >= 15 is 0 Å². The fraction of sp³-hybridized carbons (Fsp3) is 0.529. The van der Waals surface area contributed by atoms with E-state index in [9.17, 15) is 0 Å². The zero-order chi connectivity index (χ0) is 14.1. The highest BCUT2D eigenvalue weighted by Crippen LogP contribution is 2.04. The summed E-state index contributed by atoms with van der Waals surface area (Å²) in [7, 11) is 2.30. The summed E-state index contributed by atoms with van der Waals surface area (Å²) in [5.41, 5.74) is 2.76. The zero-order valence-electron chi connectivity index (χ0n) is 13.0. The minimum atomic E-state index is 1.13. The van der Waals surface area contributed by atoms with Gasteiger partial charge in [0.2, 0.25) is 0 Å². The van der Waals surface area contributed by atoms with E-state index in [0.29, 0.717) is 0 Å². The molecule has 1 aromatic carbocycles. The third-order valence-corrected chi connectivity index (χ3v) is 3.70. The van der Waals surface area contributed by atoms with Crippen molar-refractivity contribution in [3.05, 3.63) is 41.5 Å². The van der Waals surface area contributed by atoms with E-state index in [-0.39, 0.29) is 0 Å². The molecule has 106 valence electrons. The predicted molar refractivity (Wildman–Crippen MR) is 83.6 cm³/mol. The first-order chi connectivity index (χ1) is 9.15. The summed E-state index contributed by atoms with van der Waals surface area (Å²) in [5, 5.41) is 0. The van der Waals surface area contributed by atoms with E-state index < -0.39 is 0 Å². The first-order valence-corrected chi connectivity index (χ1v) is 7.52. The summed E-state index contributed by atoms with van der Waals surface area (Å²) >= 11 is 0. The normalized spacial score (nSPS) is 13.8. The van der Waals surface area contributed by atoms with Crippen molar-refractivity contribution in [3.8, 4) is 0 Å². The lowest BCUT2D eigenvalue weighted by molar-refractivity contribution is -0.945. The van der Waals surface area contributed by atoms with Gasteiger partial charge in [0.15, 0.2) is 0 Å².